The summed E-state index contributed by atoms with van der Waals surface area (Å²) in [7, 11) is -9.93. The maximum atomic E-state index is 13.2. The Bertz CT molecular complexity index is 2030. The van der Waals surface area contributed by atoms with Crippen LogP contribution in [-0.2, 0) is 65.4 Å². The van der Waals surface area contributed by atoms with Gasteiger partial charge in [-0.15, -0.1) is 0 Å². The molecule has 3 unspecified atom stereocenters. The molecular weight excluding hydrogens is 1380 g/mol. The summed E-state index contributed by atoms with van der Waals surface area (Å²) in [6.45, 7) is 9.72. The lowest BCUT2D eigenvalue weighted by atomic mass is 9.99. The Morgan fingerprint density at radius 1 is 0.274 bits per heavy atom. The summed E-state index contributed by atoms with van der Waals surface area (Å²) in [4.78, 5) is 73.2. The van der Waals surface area contributed by atoms with Gasteiger partial charge in [0.15, 0.2) is 12.2 Å². The van der Waals surface area contributed by atoms with Crippen LogP contribution in [0.5, 0.6) is 0 Å². The van der Waals surface area contributed by atoms with Crippen molar-refractivity contribution in [3.63, 3.8) is 0 Å². The highest BCUT2D eigenvalue weighted by Gasteiger charge is 2.30. The molecule has 0 fully saturated rings. The fourth-order valence-corrected chi connectivity index (χ4v) is 15.1. The molecule has 0 aliphatic carbocycles. The molecule has 106 heavy (non-hydrogen) atoms. The van der Waals surface area contributed by atoms with Gasteiger partial charge in [0, 0.05) is 25.7 Å². The molecule has 0 saturated carbocycles. The molecule has 0 radical (unpaired) electrons. The Morgan fingerprint density at radius 2 is 0.481 bits per heavy atom. The third-order valence-electron chi connectivity index (χ3n) is 20.8. The predicted octanol–water partition coefficient (Wildman–Crippen LogP) is 26.6. The maximum absolute atomic E-state index is 13.2. The van der Waals surface area contributed by atoms with Gasteiger partial charge in [-0.3, -0.25) is 37.3 Å². The Balaban J connectivity index is 5.21. The van der Waals surface area contributed by atoms with E-state index in [-0.39, 0.29) is 25.7 Å². The van der Waals surface area contributed by atoms with E-state index in [0.29, 0.717) is 25.7 Å². The molecule has 0 rings (SSSR count). The van der Waals surface area contributed by atoms with Crippen molar-refractivity contribution >= 4 is 39.5 Å². The minimum absolute atomic E-state index is 0.107. The fraction of sp³-hybridized carbons (Fsp3) is 0.954. The number of carbonyl (C=O) groups excluding carboxylic acids is 4. The quantitative estimate of drug-likeness (QED) is 0.0222. The van der Waals surface area contributed by atoms with Crippen LogP contribution < -0.4 is 0 Å². The minimum atomic E-state index is -4.97. The molecule has 0 aromatic heterocycles. The third-order valence-corrected chi connectivity index (χ3v) is 22.7. The molecular formula is C87H170O17P2. The topological polar surface area (TPSA) is 237 Å². The van der Waals surface area contributed by atoms with Gasteiger partial charge in [0.2, 0.25) is 0 Å². The van der Waals surface area contributed by atoms with Crippen molar-refractivity contribution in [3.8, 4) is 0 Å². The average molecular weight is 1550 g/mol. The number of unbranched alkanes of at least 4 members (excludes halogenated alkanes) is 55. The van der Waals surface area contributed by atoms with E-state index in [4.69, 9.17) is 37.0 Å². The Morgan fingerprint density at radius 3 is 0.717 bits per heavy atom. The lowest BCUT2D eigenvalue weighted by molar-refractivity contribution is -0.161. The van der Waals surface area contributed by atoms with E-state index in [2.05, 4.69) is 41.5 Å². The SMILES string of the molecule is CCCCCCCCCCCCCCCCCCCCCCCC(=O)OC[C@H](COP(=O)(O)OC[C@@H](O)COP(=O)(O)OC[C@@H](COC(=O)CCCCCCCCCCCC)OC(=O)CCCCCCCCCCCCC(C)CC)OC(=O)CCCCCCCCCCCCCCCCCCCCC(C)C. The number of esters is 4. The second-order valence-corrected chi connectivity index (χ2v) is 34.9. The van der Waals surface area contributed by atoms with E-state index < -0.39 is 97.5 Å². The summed E-state index contributed by atoms with van der Waals surface area (Å²) >= 11 is 0. The smallest absolute Gasteiger partial charge is 0.462 e. The Hall–Kier alpha value is -1.94. The van der Waals surface area contributed by atoms with Crippen molar-refractivity contribution in [2.75, 3.05) is 39.6 Å². The Kier molecular flexibility index (Phi) is 76.9. The lowest BCUT2D eigenvalue weighted by Gasteiger charge is -2.21. The summed E-state index contributed by atoms with van der Waals surface area (Å²) < 4.78 is 68.9. The van der Waals surface area contributed by atoms with E-state index in [9.17, 15) is 43.2 Å². The van der Waals surface area contributed by atoms with Gasteiger partial charge < -0.3 is 33.8 Å². The summed E-state index contributed by atoms with van der Waals surface area (Å²) in [6, 6.07) is 0. The third kappa shape index (κ3) is 78.7. The van der Waals surface area contributed by atoms with Gasteiger partial charge >= 0.3 is 39.5 Å². The number of rotatable bonds is 86. The van der Waals surface area contributed by atoms with Crippen LogP contribution in [-0.4, -0.2) is 96.7 Å². The number of phosphoric acid groups is 2. The van der Waals surface area contributed by atoms with E-state index in [1.165, 1.54) is 283 Å². The standard InChI is InChI=1S/C87H170O17P2/c1-7-10-12-14-16-18-20-21-22-23-24-25-26-30-33-36-39-46-52-58-64-70-85(90)98-76-83(103-86(91)71-65-59-53-47-40-37-34-31-28-27-29-32-35-38-43-49-55-61-67-79(4)5)78-102-106(95,96)100-74-81(88)73-99-105(93,94)101-77-82(75-97-84(89)69-63-57-51-45-19-17-15-13-11-8-2)104-87(92)72-66-60-54-48-42-41-44-50-56-62-68-80(6)9-3/h79-83,88H,7-78H2,1-6H3,(H,93,94)(H,95,96)/t80?,81-,82+,83+/m0/s1. The van der Waals surface area contributed by atoms with E-state index in [1.54, 1.807) is 0 Å². The van der Waals surface area contributed by atoms with Gasteiger partial charge in [-0.2, -0.15) is 0 Å². The zero-order valence-corrected chi connectivity index (χ0v) is 71.5. The zero-order chi connectivity index (χ0) is 77.8. The summed E-state index contributed by atoms with van der Waals surface area (Å²) in [5, 5.41) is 10.7. The van der Waals surface area contributed by atoms with E-state index >= 15 is 0 Å². The number of hydrogen-bond donors (Lipinski definition) is 3. The highest BCUT2D eigenvalue weighted by molar-refractivity contribution is 7.47. The zero-order valence-electron chi connectivity index (χ0n) is 69.7. The molecule has 0 amide bonds. The van der Waals surface area contributed by atoms with Gasteiger partial charge in [0.1, 0.15) is 19.3 Å². The van der Waals surface area contributed by atoms with Gasteiger partial charge in [0.05, 0.1) is 26.4 Å². The number of ether oxygens (including phenoxy) is 4. The predicted molar refractivity (Wildman–Crippen MR) is 437 cm³/mol. The van der Waals surface area contributed by atoms with Crippen LogP contribution in [0.15, 0.2) is 0 Å². The van der Waals surface area contributed by atoms with Crippen molar-refractivity contribution in [3.05, 3.63) is 0 Å². The van der Waals surface area contributed by atoms with Crippen LogP contribution in [0.1, 0.15) is 465 Å². The molecule has 0 aliphatic rings. The van der Waals surface area contributed by atoms with Gasteiger partial charge in [-0.1, -0.05) is 414 Å². The molecule has 0 saturated heterocycles. The van der Waals surface area contributed by atoms with Gasteiger partial charge in [-0.25, -0.2) is 9.13 Å². The number of phosphoric ester groups is 2. The second-order valence-electron chi connectivity index (χ2n) is 32.0. The van der Waals surface area contributed by atoms with Crippen molar-refractivity contribution in [2.45, 2.75) is 484 Å². The number of aliphatic hydroxyl groups excluding tert-OH is 1. The van der Waals surface area contributed by atoms with Crippen molar-refractivity contribution in [1.82, 2.24) is 0 Å². The fourth-order valence-electron chi connectivity index (χ4n) is 13.6. The van der Waals surface area contributed by atoms with Crippen molar-refractivity contribution < 1.29 is 80.2 Å². The molecule has 0 spiro atoms. The Labute approximate surface area is 651 Å². The monoisotopic (exact) mass is 1550 g/mol. The second kappa shape index (κ2) is 78.3. The summed E-state index contributed by atoms with van der Waals surface area (Å²) in [5.41, 5.74) is 0. The van der Waals surface area contributed by atoms with E-state index in [0.717, 1.165) is 102 Å². The molecule has 17 nitrogen and oxygen atoms in total. The lowest BCUT2D eigenvalue weighted by Crippen LogP contribution is -2.30. The van der Waals surface area contributed by atoms with Crippen LogP contribution in [0.4, 0.5) is 0 Å². The first-order valence-electron chi connectivity index (χ1n) is 45.0. The first-order valence-corrected chi connectivity index (χ1v) is 48.0. The average Bonchev–Trinajstić information content (AvgIpc) is 0.903. The molecule has 0 heterocycles. The van der Waals surface area contributed by atoms with Crippen molar-refractivity contribution in [2.24, 2.45) is 11.8 Å². The molecule has 0 aromatic carbocycles. The summed E-state index contributed by atoms with van der Waals surface area (Å²) in [6.07, 6.45) is 70.9. The molecule has 19 heteroatoms. The molecule has 3 N–H and O–H groups in total. The van der Waals surface area contributed by atoms with Crippen LogP contribution in [0.25, 0.3) is 0 Å². The maximum Gasteiger partial charge on any atom is 0.472 e. The first-order chi connectivity index (χ1) is 51.4. The first kappa shape index (κ1) is 104. The van der Waals surface area contributed by atoms with Crippen LogP contribution in [0.2, 0.25) is 0 Å². The molecule has 6 atom stereocenters. The molecule has 0 aliphatic heterocycles. The molecule has 0 aromatic rings. The summed E-state index contributed by atoms with van der Waals surface area (Å²) in [5.74, 6) is -0.479. The van der Waals surface area contributed by atoms with Crippen molar-refractivity contribution in [1.29, 1.82) is 0 Å². The molecule has 0 bridgehead atoms. The minimum Gasteiger partial charge on any atom is -0.462 e. The van der Waals surface area contributed by atoms with Gasteiger partial charge in [0.25, 0.3) is 0 Å². The number of aliphatic hydroxyl groups is 1. The highest BCUT2D eigenvalue weighted by Crippen LogP contribution is 2.45. The largest absolute Gasteiger partial charge is 0.472 e. The highest BCUT2D eigenvalue weighted by atomic mass is 31.2. The van der Waals surface area contributed by atoms with Crippen LogP contribution in [0, 0.1) is 11.8 Å². The van der Waals surface area contributed by atoms with Gasteiger partial charge in [-0.05, 0) is 37.5 Å². The number of hydrogen-bond acceptors (Lipinski definition) is 15. The van der Waals surface area contributed by atoms with Crippen LogP contribution >= 0.6 is 15.6 Å². The van der Waals surface area contributed by atoms with E-state index in [1.807, 2.05) is 0 Å². The normalized spacial score (nSPS) is 14.1. The number of carbonyl (C=O) groups is 4. The van der Waals surface area contributed by atoms with Crippen LogP contribution in [0.3, 0.4) is 0 Å². The molecule has 630 valence electrons.